The molecule has 1 aliphatic rings. The van der Waals surface area contributed by atoms with E-state index in [0.29, 0.717) is 24.5 Å². The zero-order valence-corrected chi connectivity index (χ0v) is 10.7. The first-order chi connectivity index (χ1) is 7.99. The van der Waals surface area contributed by atoms with Gasteiger partial charge < -0.3 is 5.11 Å². The van der Waals surface area contributed by atoms with Crippen LogP contribution in [0.1, 0.15) is 17.8 Å². The van der Waals surface area contributed by atoms with E-state index >= 15 is 0 Å². The van der Waals surface area contributed by atoms with Crippen molar-refractivity contribution >= 4 is 17.6 Å². The first-order valence-corrected chi connectivity index (χ1v) is 6.00. The molecule has 1 aromatic rings. The Labute approximate surface area is 105 Å². The molecule has 0 aliphatic carbocycles. The third-order valence-electron chi connectivity index (χ3n) is 3.26. The molecule has 5 nitrogen and oxygen atoms in total. The Hall–Kier alpha value is -1.07. The van der Waals surface area contributed by atoms with Crippen molar-refractivity contribution < 1.29 is 9.90 Å². The fraction of sp³-hybridized carbons (Fsp3) is 0.636. The van der Waals surface area contributed by atoms with Crippen molar-refractivity contribution in [3.05, 3.63) is 16.4 Å². The van der Waals surface area contributed by atoms with E-state index in [0.717, 1.165) is 17.9 Å². The van der Waals surface area contributed by atoms with Gasteiger partial charge in [-0.25, -0.2) is 0 Å². The highest BCUT2D eigenvalue weighted by Crippen LogP contribution is 2.24. The topological polar surface area (TPSA) is 58.4 Å². The van der Waals surface area contributed by atoms with Gasteiger partial charge in [0.2, 0.25) is 0 Å². The molecule has 2 heterocycles. The molecule has 1 atom stereocenters. The van der Waals surface area contributed by atoms with Gasteiger partial charge in [-0.05, 0) is 19.9 Å². The number of rotatable bonds is 3. The second-order valence-corrected chi connectivity index (χ2v) is 4.91. The van der Waals surface area contributed by atoms with E-state index in [1.54, 1.807) is 4.68 Å². The van der Waals surface area contributed by atoms with Gasteiger partial charge in [0.05, 0.1) is 22.3 Å². The molecule has 0 amide bonds. The fourth-order valence-corrected chi connectivity index (χ4v) is 2.46. The van der Waals surface area contributed by atoms with Crippen LogP contribution in [0.25, 0.3) is 0 Å². The lowest BCUT2D eigenvalue weighted by molar-refractivity contribution is -0.141. The van der Waals surface area contributed by atoms with Crippen LogP contribution in [-0.4, -0.2) is 38.8 Å². The number of aliphatic carboxylic acids is 1. The molecule has 1 saturated heterocycles. The Morgan fingerprint density at radius 2 is 2.35 bits per heavy atom. The van der Waals surface area contributed by atoms with Gasteiger partial charge in [-0.1, -0.05) is 11.6 Å². The van der Waals surface area contributed by atoms with E-state index in [1.165, 1.54) is 0 Å². The normalized spacial score (nSPS) is 21.0. The van der Waals surface area contributed by atoms with Crippen molar-refractivity contribution in [3.8, 4) is 0 Å². The summed E-state index contributed by atoms with van der Waals surface area (Å²) in [6, 6.07) is 0. The number of halogens is 1. The zero-order valence-electron chi connectivity index (χ0n) is 9.98. The van der Waals surface area contributed by atoms with Crippen LogP contribution in [0.3, 0.4) is 0 Å². The molecule has 0 radical (unpaired) electrons. The molecule has 0 bridgehead atoms. The van der Waals surface area contributed by atoms with Crippen LogP contribution in [0.5, 0.6) is 0 Å². The highest BCUT2D eigenvalue weighted by atomic mass is 35.5. The second kappa shape index (κ2) is 4.66. The summed E-state index contributed by atoms with van der Waals surface area (Å²) in [5.74, 6) is -0.956. The van der Waals surface area contributed by atoms with Crippen LogP contribution in [-0.2, 0) is 18.4 Å². The van der Waals surface area contributed by atoms with Crippen LogP contribution in [0.15, 0.2) is 0 Å². The lowest BCUT2D eigenvalue weighted by Gasteiger charge is -2.15. The predicted molar refractivity (Wildman–Crippen MR) is 64.0 cm³/mol. The first-order valence-electron chi connectivity index (χ1n) is 5.62. The average Bonchev–Trinajstić information content (AvgIpc) is 2.80. The van der Waals surface area contributed by atoms with Crippen LogP contribution < -0.4 is 0 Å². The van der Waals surface area contributed by atoms with Crippen LogP contribution >= 0.6 is 11.6 Å². The summed E-state index contributed by atoms with van der Waals surface area (Å²) in [7, 11) is 1.86. The van der Waals surface area contributed by atoms with Gasteiger partial charge in [-0.15, -0.1) is 0 Å². The summed E-state index contributed by atoms with van der Waals surface area (Å²) in [6.45, 7) is 3.93. The number of likely N-dealkylation sites (tertiary alicyclic amines) is 1. The lowest BCUT2D eigenvalue weighted by Crippen LogP contribution is -2.24. The summed E-state index contributed by atoms with van der Waals surface area (Å²) >= 11 is 6.17. The maximum absolute atomic E-state index is 10.9. The van der Waals surface area contributed by atoms with Gasteiger partial charge in [-0.3, -0.25) is 14.4 Å². The van der Waals surface area contributed by atoms with Crippen LogP contribution in [0, 0.1) is 12.8 Å². The molecule has 1 unspecified atom stereocenters. The third-order valence-corrected chi connectivity index (χ3v) is 3.75. The second-order valence-electron chi connectivity index (χ2n) is 4.53. The van der Waals surface area contributed by atoms with Crippen LogP contribution in [0.4, 0.5) is 0 Å². The monoisotopic (exact) mass is 257 g/mol. The van der Waals surface area contributed by atoms with E-state index in [2.05, 4.69) is 10.00 Å². The van der Waals surface area contributed by atoms with Gasteiger partial charge in [0.25, 0.3) is 0 Å². The molecule has 0 spiro atoms. The number of aromatic nitrogens is 2. The Morgan fingerprint density at radius 1 is 1.65 bits per heavy atom. The summed E-state index contributed by atoms with van der Waals surface area (Å²) in [4.78, 5) is 13.0. The molecule has 6 heteroatoms. The van der Waals surface area contributed by atoms with E-state index in [9.17, 15) is 4.79 Å². The summed E-state index contributed by atoms with van der Waals surface area (Å²) in [5.41, 5.74) is 1.77. The molecular formula is C11H16ClN3O2. The fourth-order valence-electron chi connectivity index (χ4n) is 2.24. The Bertz CT molecular complexity index is 444. The summed E-state index contributed by atoms with van der Waals surface area (Å²) in [5, 5.41) is 13.9. The maximum atomic E-state index is 10.9. The molecule has 1 aromatic heterocycles. The van der Waals surface area contributed by atoms with Crippen molar-refractivity contribution in [3.63, 3.8) is 0 Å². The van der Waals surface area contributed by atoms with Gasteiger partial charge in [0.1, 0.15) is 0 Å². The standard InChI is InChI=1S/C11H16ClN3O2/c1-7-10(12)9(14(2)13-7)6-15-4-3-8(5-15)11(16)17/h8H,3-6H2,1-2H3,(H,16,17). The maximum Gasteiger partial charge on any atom is 0.307 e. The van der Waals surface area contributed by atoms with Crippen LogP contribution in [0.2, 0.25) is 5.02 Å². The Balaban J connectivity index is 2.05. The zero-order chi connectivity index (χ0) is 12.6. The molecule has 0 saturated carbocycles. The lowest BCUT2D eigenvalue weighted by atomic mass is 10.1. The van der Waals surface area contributed by atoms with Gasteiger partial charge in [-0.2, -0.15) is 5.10 Å². The largest absolute Gasteiger partial charge is 0.481 e. The van der Waals surface area contributed by atoms with Crippen molar-refractivity contribution in [1.29, 1.82) is 0 Å². The van der Waals surface area contributed by atoms with E-state index in [-0.39, 0.29) is 5.92 Å². The molecule has 1 fully saturated rings. The molecule has 1 aliphatic heterocycles. The number of hydrogen-bond donors (Lipinski definition) is 1. The minimum absolute atomic E-state index is 0.247. The number of nitrogens with zero attached hydrogens (tertiary/aromatic N) is 3. The number of aryl methyl sites for hydroxylation is 2. The van der Waals surface area contributed by atoms with E-state index in [4.69, 9.17) is 16.7 Å². The summed E-state index contributed by atoms with van der Waals surface area (Å²) < 4.78 is 1.77. The highest BCUT2D eigenvalue weighted by Gasteiger charge is 2.29. The smallest absolute Gasteiger partial charge is 0.307 e. The van der Waals surface area contributed by atoms with Crippen molar-refractivity contribution in [2.45, 2.75) is 19.9 Å². The number of carbonyl (C=O) groups is 1. The Morgan fingerprint density at radius 3 is 2.82 bits per heavy atom. The molecule has 0 aromatic carbocycles. The first kappa shape index (κ1) is 12.4. The predicted octanol–water partition coefficient (Wildman–Crippen LogP) is 1.29. The molecule has 94 valence electrons. The van der Waals surface area contributed by atoms with Gasteiger partial charge in [0.15, 0.2) is 0 Å². The minimum Gasteiger partial charge on any atom is -0.481 e. The number of carboxylic acid groups (broad SMARTS) is 1. The van der Waals surface area contributed by atoms with Gasteiger partial charge >= 0.3 is 5.97 Å². The Kier molecular flexibility index (Phi) is 3.40. The molecule has 2 rings (SSSR count). The van der Waals surface area contributed by atoms with Crippen molar-refractivity contribution in [1.82, 2.24) is 14.7 Å². The third kappa shape index (κ3) is 2.45. The van der Waals surface area contributed by atoms with Crippen molar-refractivity contribution in [2.75, 3.05) is 13.1 Å². The van der Waals surface area contributed by atoms with E-state index in [1.807, 2.05) is 14.0 Å². The number of hydrogen-bond acceptors (Lipinski definition) is 3. The summed E-state index contributed by atoms with van der Waals surface area (Å²) in [6.07, 6.45) is 0.712. The SMILES string of the molecule is Cc1nn(C)c(CN2CCC(C(=O)O)C2)c1Cl. The molecular weight excluding hydrogens is 242 g/mol. The van der Waals surface area contributed by atoms with Crippen molar-refractivity contribution in [2.24, 2.45) is 13.0 Å². The average molecular weight is 258 g/mol. The highest BCUT2D eigenvalue weighted by molar-refractivity contribution is 6.31. The molecule has 1 N–H and O–H groups in total. The van der Waals surface area contributed by atoms with Gasteiger partial charge in [0, 0.05) is 20.1 Å². The minimum atomic E-state index is -0.709. The van der Waals surface area contributed by atoms with E-state index < -0.39 is 5.97 Å². The quantitative estimate of drug-likeness (QED) is 0.887. The molecule has 17 heavy (non-hydrogen) atoms. The number of carboxylic acids is 1.